The lowest BCUT2D eigenvalue weighted by Gasteiger charge is -2.04. The summed E-state index contributed by atoms with van der Waals surface area (Å²) < 4.78 is 7.62. The zero-order valence-corrected chi connectivity index (χ0v) is 18.0. The van der Waals surface area contributed by atoms with Crippen LogP contribution in [-0.4, -0.2) is 29.3 Å². The number of amides is 1. The van der Waals surface area contributed by atoms with Gasteiger partial charge in [-0.25, -0.2) is 0 Å². The minimum Gasteiger partial charge on any atom is -0.468 e. The molecule has 0 fully saturated rings. The molecule has 1 aromatic heterocycles. The molecule has 3 aromatic carbocycles. The monoisotopic (exact) mass is 436 g/mol. The SMILES string of the molecule is COC(=O)Cn1c(=NC(=O)CCSc2ccccc2)sc2c3ccccc3ccc21. The van der Waals surface area contributed by atoms with Gasteiger partial charge in [-0.3, -0.25) is 9.59 Å². The number of ether oxygens (including phenoxy) is 1. The van der Waals surface area contributed by atoms with Gasteiger partial charge in [-0.2, -0.15) is 4.99 Å². The van der Waals surface area contributed by atoms with E-state index < -0.39 is 0 Å². The normalized spacial score (nSPS) is 11.8. The Kier molecular flexibility index (Phi) is 6.30. The molecule has 0 aliphatic heterocycles. The summed E-state index contributed by atoms with van der Waals surface area (Å²) in [5.74, 6) is 0.0706. The largest absolute Gasteiger partial charge is 0.468 e. The number of fused-ring (bicyclic) bond motifs is 3. The number of thiazole rings is 1. The predicted octanol–water partition coefficient (Wildman–Crippen LogP) is 4.64. The van der Waals surface area contributed by atoms with Crippen LogP contribution in [0.1, 0.15) is 6.42 Å². The quantitative estimate of drug-likeness (QED) is 0.326. The number of methoxy groups -OCH3 is 1. The van der Waals surface area contributed by atoms with E-state index >= 15 is 0 Å². The van der Waals surface area contributed by atoms with Gasteiger partial charge in [-0.1, -0.05) is 59.9 Å². The van der Waals surface area contributed by atoms with Crippen molar-refractivity contribution in [1.82, 2.24) is 4.57 Å². The molecule has 1 amide bonds. The first kappa shape index (κ1) is 20.4. The third-order valence-electron chi connectivity index (χ3n) is 4.64. The summed E-state index contributed by atoms with van der Waals surface area (Å²) in [7, 11) is 1.36. The average molecular weight is 437 g/mol. The van der Waals surface area contributed by atoms with Crippen LogP contribution < -0.4 is 4.80 Å². The summed E-state index contributed by atoms with van der Waals surface area (Å²) >= 11 is 3.05. The topological polar surface area (TPSA) is 60.7 Å². The van der Waals surface area contributed by atoms with E-state index in [0.29, 0.717) is 17.0 Å². The van der Waals surface area contributed by atoms with Crippen molar-refractivity contribution in [3.05, 3.63) is 71.5 Å². The van der Waals surface area contributed by atoms with Gasteiger partial charge in [0.1, 0.15) is 6.54 Å². The van der Waals surface area contributed by atoms with Crippen LogP contribution in [0.25, 0.3) is 21.0 Å². The lowest BCUT2D eigenvalue weighted by atomic mass is 10.1. The van der Waals surface area contributed by atoms with Crippen molar-refractivity contribution in [2.45, 2.75) is 17.9 Å². The van der Waals surface area contributed by atoms with Gasteiger partial charge in [0.05, 0.1) is 17.3 Å². The number of aromatic nitrogens is 1. The second-order valence-corrected chi connectivity index (χ2v) is 8.74. The highest BCUT2D eigenvalue weighted by Crippen LogP contribution is 2.27. The van der Waals surface area contributed by atoms with Crippen molar-refractivity contribution in [1.29, 1.82) is 0 Å². The molecular weight excluding hydrogens is 416 g/mol. The van der Waals surface area contributed by atoms with E-state index in [2.05, 4.69) is 4.99 Å². The summed E-state index contributed by atoms with van der Waals surface area (Å²) in [6, 6.07) is 22.0. The molecule has 30 heavy (non-hydrogen) atoms. The standard InChI is InChI=1S/C23H20N2O3S2/c1-28-21(27)15-25-19-12-11-16-7-5-6-10-18(16)22(19)30-23(25)24-20(26)13-14-29-17-8-3-2-4-9-17/h2-12H,13-15H2,1H3. The van der Waals surface area contributed by atoms with E-state index in [1.165, 1.54) is 18.4 Å². The van der Waals surface area contributed by atoms with Gasteiger partial charge >= 0.3 is 5.97 Å². The third-order valence-corrected chi connectivity index (χ3v) is 6.78. The van der Waals surface area contributed by atoms with Crippen molar-refractivity contribution >= 4 is 56.0 Å². The van der Waals surface area contributed by atoms with Crippen molar-refractivity contribution in [3.8, 4) is 0 Å². The van der Waals surface area contributed by atoms with E-state index in [1.54, 1.807) is 16.3 Å². The van der Waals surface area contributed by atoms with Crippen LogP contribution in [0.2, 0.25) is 0 Å². The molecule has 4 rings (SSSR count). The molecule has 0 bridgehead atoms. The van der Waals surface area contributed by atoms with Crippen molar-refractivity contribution in [3.63, 3.8) is 0 Å². The molecule has 0 atom stereocenters. The van der Waals surface area contributed by atoms with Crippen LogP contribution >= 0.6 is 23.1 Å². The molecular formula is C23H20N2O3S2. The number of hydrogen-bond acceptors (Lipinski definition) is 5. The smallest absolute Gasteiger partial charge is 0.325 e. The molecule has 152 valence electrons. The Morgan fingerprint density at radius 2 is 1.80 bits per heavy atom. The number of carbonyl (C=O) groups excluding carboxylic acids is 2. The maximum absolute atomic E-state index is 12.5. The Balaban J connectivity index is 1.67. The lowest BCUT2D eigenvalue weighted by Crippen LogP contribution is -2.22. The second kappa shape index (κ2) is 9.28. The van der Waals surface area contributed by atoms with Gasteiger partial charge in [0, 0.05) is 22.5 Å². The maximum atomic E-state index is 12.5. The number of hydrogen-bond donors (Lipinski definition) is 0. The van der Waals surface area contributed by atoms with Gasteiger partial charge in [0.15, 0.2) is 4.80 Å². The maximum Gasteiger partial charge on any atom is 0.325 e. The number of carbonyl (C=O) groups is 2. The summed E-state index contributed by atoms with van der Waals surface area (Å²) in [6.07, 6.45) is 0.326. The Hall–Kier alpha value is -2.90. The first-order chi connectivity index (χ1) is 14.7. The molecule has 1 heterocycles. The molecule has 0 saturated carbocycles. The molecule has 0 spiro atoms. The molecule has 0 unspecified atom stereocenters. The number of thioether (sulfide) groups is 1. The number of rotatable bonds is 6. The summed E-state index contributed by atoms with van der Waals surface area (Å²) in [4.78, 5) is 30.5. The number of nitrogens with zero attached hydrogens (tertiary/aromatic N) is 2. The Morgan fingerprint density at radius 3 is 2.60 bits per heavy atom. The highest BCUT2D eigenvalue weighted by atomic mass is 32.2. The van der Waals surface area contributed by atoms with Crippen LogP contribution in [0.3, 0.4) is 0 Å². The molecule has 0 aliphatic rings. The minimum absolute atomic E-state index is 0.0136. The van der Waals surface area contributed by atoms with E-state index in [0.717, 1.165) is 25.9 Å². The molecule has 0 radical (unpaired) electrons. The van der Waals surface area contributed by atoms with Crippen molar-refractivity contribution in [2.24, 2.45) is 4.99 Å². The van der Waals surface area contributed by atoms with Crippen LogP contribution in [0.15, 0.2) is 76.6 Å². The van der Waals surface area contributed by atoms with Crippen LogP contribution in [0, 0.1) is 0 Å². The van der Waals surface area contributed by atoms with Crippen molar-refractivity contribution < 1.29 is 14.3 Å². The molecule has 5 nitrogen and oxygen atoms in total. The predicted molar refractivity (Wildman–Crippen MR) is 122 cm³/mol. The minimum atomic E-state index is -0.378. The Labute approximate surface area is 182 Å². The summed E-state index contributed by atoms with van der Waals surface area (Å²) in [6.45, 7) is 0.0136. The zero-order valence-electron chi connectivity index (χ0n) is 16.4. The third kappa shape index (κ3) is 4.47. The van der Waals surface area contributed by atoms with Crippen LogP contribution in [-0.2, 0) is 20.9 Å². The molecule has 0 saturated heterocycles. The fraction of sp³-hybridized carbons (Fsp3) is 0.174. The highest BCUT2D eigenvalue weighted by molar-refractivity contribution is 7.99. The van der Waals surface area contributed by atoms with Gasteiger partial charge in [0.2, 0.25) is 5.91 Å². The molecule has 4 aromatic rings. The molecule has 0 aliphatic carbocycles. The lowest BCUT2D eigenvalue weighted by molar-refractivity contribution is -0.141. The van der Waals surface area contributed by atoms with Gasteiger partial charge < -0.3 is 9.30 Å². The molecule has 0 N–H and O–H groups in total. The van der Waals surface area contributed by atoms with E-state index in [4.69, 9.17) is 4.74 Å². The van der Waals surface area contributed by atoms with Crippen LogP contribution in [0.4, 0.5) is 0 Å². The van der Waals surface area contributed by atoms with Gasteiger partial charge in [-0.15, -0.1) is 11.8 Å². The highest BCUT2D eigenvalue weighted by Gasteiger charge is 2.13. The first-order valence-corrected chi connectivity index (χ1v) is 11.3. The molecule has 7 heteroatoms. The zero-order chi connectivity index (χ0) is 20.9. The fourth-order valence-electron chi connectivity index (χ4n) is 3.17. The van der Waals surface area contributed by atoms with Gasteiger partial charge in [0.25, 0.3) is 0 Å². The van der Waals surface area contributed by atoms with Crippen LogP contribution in [0.5, 0.6) is 0 Å². The first-order valence-electron chi connectivity index (χ1n) is 9.49. The summed E-state index contributed by atoms with van der Waals surface area (Å²) in [5, 5.41) is 2.18. The Morgan fingerprint density at radius 1 is 1.03 bits per heavy atom. The van der Waals surface area contributed by atoms with Crippen molar-refractivity contribution in [2.75, 3.05) is 12.9 Å². The van der Waals surface area contributed by atoms with E-state index in [9.17, 15) is 9.59 Å². The summed E-state index contributed by atoms with van der Waals surface area (Å²) in [5.41, 5.74) is 0.870. The Bertz CT molecular complexity index is 1280. The number of benzene rings is 3. The van der Waals surface area contributed by atoms with E-state index in [-0.39, 0.29) is 18.4 Å². The van der Waals surface area contributed by atoms with Gasteiger partial charge in [-0.05, 0) is 23.6 Å². The number of esters is 1. The average Bonchev–Trinajstić information content (AvgIpc) is 3.11. The fourth-order valence-corrected chi connectivity index (χ4v) is 5.21. The second-order valence-electron chi connectivity index (χ2n) is 6.60. The van der Waals surface area contributed by atoms with E-state index in [1.807, 2.05) is 66.7 Å².